The summed E-state index contributed by atoms with van der Waals surface area (Å²) in [5.41, 5.74) is 1.16. The molecule has 1 aliphatic rings. The second-order valence-corrected chi connectivity index (χ2v) is 5.41. The maximum Gasteiger partial charge on any atom is 0.291 e. The monoisotopic (exact) mass is 321 g/mol. The Kier molecular flexibility index (Phi) is 4.77. The second kappa shape index (κ2) is 6.95. The number of halogens is 1. The molecule has 0 spiro atoms. The number of morpholine rings is 1. The van der Waals surface area contributed by atoms with Crippen LogP contribution >= 0.6 is 11.6 Å². The van der Waals surface area contributed by atoms with Crippen molar-refractivity contribution < 1.29 is 9.53 Å². The third-order valence-corrected chi connectivity index (χ3v) is 3.67. The van der Waals surface area contributed by atoms with Crippen LogP contribution in [0.2, 0.25) is 5.02 Å². The lowest BCUT2D eigenvalue weighted by Gasteiger charge is -2.26. The van der Waals surface area contributed by atoms with Gasteiger partial charge in [0.05, 0.1) is 18.7 Å². The highest BCUT2D eigenvalue weighted by Crippen LogP contribution is 2.14. The normalized spacial score (nSPS) is 15.9. The number of aromatic nitrogens is 3. The minimum atomic E-state index is -0.331. The summed E-state index contributed by atoms with van der Waals surface area (Å²) in [5, 5.41) is 11.2. The lowest BCUT2D eigenvalue weighted by atomic mass is 10.3. The predicted octanol–water partition coefficient (Wildman–Crippen LogP) is 0.740. The molecule has 1 aromatic carbocycles. The van der Waals surface area contributed by atoms with E-state index in [-0.39, 0.29) is 11.7 Å². The van der Waals surface area contributed by atoms with Gasteiger partial charge in [-0.15, -0.1) is 10.2 Å². The first-order valence-electron chi connectivity index (χ1n) is 7.11. The van der Waals surface area contributed by atoms with Gasteiger partial charge < -0.3 is 10.1 Å². The average Bonchev–Trinajstić information content (AvgIpc) is 2.55. The van der Waals surface area contributed by atoms with E-state index in [2.05, 4.69) is 25.4 Å². The average molecular weight is 322 g/mol. The summed E-state index contributed by atoms with van der Waals surface area (Å²) in [6.45, 7) is 4.58. The Bertz CT molecular complexity index is 675. The van der Waals surface area contributed by atoms with E-state index in [9.17, 15) is 4.79 Å². The van der Waals surface area contributed by atoms with Crippen LogP contribution in [0.25, 0.3) is 11.0 Å². The van der Waals surface area contributed by atoms with Gasteiger partial charge in [0, 0.05) is 31.2 Å². The van der Waals surface area contributed by atoms with E-state index < -0.39 is 0 Å². The van der Waals surface area contributed by atoms with Crippen LogP contribution in [0, 0.1) is 0 Å². The number of benzene rings is 1. The molecule has 1 N–H and O–H groups in total. The maximum absolute atomic E-state index is 12.1. The summed E-state index contributed by atoms with van der Waals surface area (Å²) in [5.74, 6) is -0.278. The Morgan fingerprint density at radius 3 is 2.91 bits per heavy atom. The van der Waals surface area contributed by atoms with E-state index in [0.29, 0.717) is 22.6 Å². The fourth-order valence-corrected chi connectivity index (χ4v) is 2.40. The quantitative estimate of drug-likeness (QED) is 0.894. The van der Waals surface area contributed by atoms with Crippen molar-refractivity contribution >= 4 is 28.5 Å². The minimum absolute atomic E-state index is 0.0525. The number of nitrogens with zero attached hydrogens (tertiary/aromatic N) is 4. The lowest BCUT2D eigenvalue weighted by Crippen LogP contribution is -2.41. The number of carbonyl (C=O) groups is 1. The van der Waals surface area contributed by atoms with Crippen molar-refractivity contribution in [3.05, 3.63) is 29.0 Å². The Morgan fingerprint density at radius 1 is 1.27 bits per heavy atom. The van der Waals surface area contributed by atoms with Crippen molar-refractivity contribution in [2.75, 3.05) is 39.4 Å². The summed E-state index contributed by atoms with van der Waals surface area (Å²) >= 11 is 5.92. The molecule has 8 heteroatoms. The number of carbonyl (C=O) groups excluding carboxylic acids is 1. The molecule has 1 saturated heterocycles. The molecule has 2 aromatic rings. The van der Waals surface area contributed by atoms with Crippen LogP contribution in [0.5, 0.6) is 0 Å². The summed E-state index contributed by atoms with van der Waals surface area (Å²) < 4.78 is 5.28. The van der Waals surface area contributed by atoms with Gasteiger partial charge in [0.2, 0.25) is 5.82 Å². The SMILES string of the molecule is O=C(NCCN1CCOCC1)c1nnc2ccc(Cl)cc2n1. The molecule has 7 nitrogen and oxygen atoms in total. The Hall–Kier alpha value is -1.83. The van der Waals surface area contributed by atoms with Crippen LogP contribution < -0.4 is 5.32 Å². The van der Waals surface area contributed by atoms with E-state index in [1.165, 1.54) is 0 Å². The highest BCUT2D eigenvalue weighted by atomic mass is 35.5. The van der Waals surface area contributed by atoms with Gasteiger partial charge in [0.25, 0.3) is 5.91 Å². The smallest absolute Gasteiger partial charge is 0.291 e. The first-order valence-corrected chi connectivity index (χ1v) is 7.48. The van der Waals surface area contributed by atoms with Crippen LogP contribution in [0.3, 0.4) is 0 Å². The topological polar surface area (TPSA) is 80.2 Å². The molecule has 0 aliphatic carbocycles. The molecule has 0 unspecified atom stereocenters. The molecule has 116 valence electrons. The summed E-state index contributed by atoms with van der Waals surface area (Å²) in [6.07, 6.45) is 0. The molecule has 3 rings (SSSR count). The zero-order valence-corrected chi connectivity index (χ0v) is 12.7. The van der Waals surface area contributed by atoms with Crippen molar-refractivity contribution in [2.24, 2.45) is 0 Å². The number of rotatable bonds is 4. The van der Waals surface area contributed by atoms with Gasteiger partial charge in [-0.25, -0.2) is 4.98 Å². The number of hydrogen-bond acceptors (Lipinski definition) is 6. The molecular formula is C14H16ClN5O2. The summed E-state index contributed by atoms with van der Waals surface area (Å²) in [7, 11) is 0. The van der Waals surface area contributed by atoms with E-state index in [0.717, 1.165) is 32.8 Å². The van der Waals surface area contributed by atoms with Gasteiger partial charge in [0.1, 0.15) is 5.52 Å². The van der Waals surface area contributed by atoms with Gasteiger partial charge in [-0.1, -0.05) is 11.6 Å². The van der Waals surface area contributed by atoms with Gasteiger partial charge in [-0.05, 0) is 18.2 Å². The van der Waals surface area contributed by atoms with Gasteiger partial charge in [-0.2, -0.15) is 0 Å². The molecule has 1 aliphatic heterocycles. The standard InChI is InChI=1S/C14H16ClN5O2/c15-10-1-2-11-12(9-10)17-13(19-18-11)14(21)16-3-4-20-5-7-22-8-6-20/h1-2,9H,3-8H2,(H,16,21). The van der Waals surface area contributed by atoms with Gasteiger partial charge in [0.15, 0.2) is 0 Å². The zero-order chi connectivity index (χ0) is 15.4. The summed E-state index contributed by atoms with van der Waals surface area (Å²) in [6, 6.07) is 5.09. The van der Waals surface area contributed by atoms with E-state index in [1.54, 1.807) is 18.2 Å². The van der Waals surface area contributed by atoms with E-state index in [4.69, 9.17) is 16.3 Å². The Balaban J connectivity index is 1.59. The lowest BCUT2D eigenvalue weighted by molar-refractivity contribution is 0.0383. The highest BCUT2D eigenvalue weighted by molar-refractivity contribution is 6.31. The van der Waals surface area contributed by atoms with Crippen LogP contribution in [0.15, 0.2) is 18.2 Å². The first-order chi connectivity index (χ1) is 10.7. The third kappa shape index (κ3) is 3.68. The molecule has 1 fully saturated rings. The Labute approximate surface area is 132 Å². The predicted molar refractivity (Wildman–Crippen MR) is 81.9 cm³/mol. The first kappa shape index (κ1) is 15.1. The summed E-state index contributed by atoms with van der Waals surface area (Å²) in [4.78, 5) is 18.5. The number of ether oxygens (including phenoxy) is 1. The second-order valence-electron chi connectivity index (χ2n) is 4.98. The van der Waals surface area contributed by atoms with Crippen LogP contribution in [-0.4, -0.2) is 65.4 Å². The van der Waals surface area contributed by atoms with Crippen LogP contribution in [0.1, 0.15) is 10.6 Å². The van der Waals surface area contributed by atoms with Crippen molar-refractivity contribution in [1.82, 2.24) is 25.4 Å². The molecule has 22 heavy (non-hydrogen) atoms. The number of fused-ring (bicyclic) bond motifs is 1. The number of hydrogen-bond donors (Lipinski definition) is 1. The Morgan fingerprint density at radius 2 is 2.09 bits per heavy atom. The molecule has 2 heterocycles. The van der Waals surface area contributed by atoms with Gasteiger partial charge in [-0.3, -0.25) is 9.69 Å². The molecular weight excluding hydrogens is 306 g/mol. The number of amides is 1. The maximum atomic E-state index is 12.1. The van der Waals surface area contributed by atoms with Crippen molar-refractivity contribution in [2.45, 2.75) is 0 Å². The van der Waals surface area contributed by atoms with E-state index >= 15 is 0 Å². The van der Waals surface area contributed by atoms with Crippen LogP contribution in [0.4, 0.5) is 0 Å². The van der Waals surface area contributed by atoms with Gasteiger partial charge >= 0.3 is 0 Å². The van der Waals surface area contributed by atoms with Crippen LogP contribution in [-0.2, 0) is 4.74 Å². The molecule has 1 aromatic heterocycles. The molecule has 0 radical (unpaired) electrons. The molecule has 0 bridgehead atoms. The van der Waals surface area contributed by atoms with Crippen molar-refractivity contribution in [3.63, 3.8) is 0 Å². The third-order valence-electron chi connectivity index (χ3n) is 3.44. The fraction of sp³-hybridized carbons (Fsp3) is 0.429. The zero-order valence-electron chi connectivity index (χ0n) is 12.0. The fourth-order valence-electron chi connectivity index (χ4n) is 2.24. The number of nitrogens with one attached hydrogen (secondary N) is 1. The highest BCUT2D eigenvalue weighted by Gasteiger charge is 2.13. The largest absolute Gasteiger partial charge is 0.379 e. The molecule has 0 saturated carbocycles. The molecule has 0 atom stereocenters. The van der Waals surface area contributed by atoms with Crippen molar-refractivity contribution in [3.8, 4) is 0 Å². The molecule has 1 amide bonds. The van der Waals surface area contributed by atoms with E-state index in [1.807, 2.05) is 0 Å². The van der Waals surface area contributed by atoms with Crippen molar-refractivity contribution in [1.29, 1.82) is 0 Å². The minimum Gasteiger partial charge on any atom is -0.379 e.